The predicted octanol–water partition coefficient (Wildman–Crippen LogP) is 0.339. The fourth-order valence-electron chi connectivity index (χ4n) is 1.64. The van der Waals surface area contributed by atoms with Crippen molar-refractivity contribution in [1.82, 2.24) is 9.97 Å². The van der Waals surface area contributed by atoms with Gasteiger partial charge in [-0.05, 0) is 6.92 Å². The molecule has 0 aliphatic carbocycles. The zero-order chi connectivity index (χ0) is 15.4. The van der Waals surface area contributed by atoms with Gasteiger partial charge in [-0.2, -0.15) is 0 Å². The van der Waals surface area contributed by atoms with Gasteiger partial charge in [-0.25, -0.2) is 9.97 Å². The van der Waals surface area contributed by atoms with Gasteiger partial charge in [0.05, 0.1) is 13.1 Å². The Kier molecular flexibility index (Phi) is 5.26. The summed E-state index contributed by atoms with van der Waals surface area (Å²) in [6, 6.07) is 0. The highest BCUT2D eigenvalue weighted by molar-refractivity contribution is 6.30. The molecule has 0 aliphatic heterocycles. The number of rotatable bonds is 6. The van der Waals surface area contributed by atoms with Crippen molar-refractivity contribution >= 4 is 29.2 Å². The maximum atomic E-state index is 11.1. The molecule has 2 amide bonds. The standard InChI is InChI=1S/C12H18ClN5O2/c1-6(2)11-16-10(13)7(3)12(17-11)18(4-8(14)19)5-9(15)20/h6H,4-5H2,1-3H3,(H2,14,19)(H2,15,20). The van der Waals surface area contributed by atoms with Crippen LogP contribution in [0.15, 0.2) is 0 Å². The number of amides is 2. The van der Waals surface area contributed by atoms with Crippen LogP contribution >= 0.6 is 11.6 Å². The van der Waals surface area contributed by atoms with E-state index in [0.29, 0.717) is 17.2 Å². The largest absolute Gasteiger partial charge is 0.368 e. The molecule has 0 atom stereocenters. The molecule has 1 aromatic rings. The molecule has 1 rings (SSSR count). The number of hydrogen-bond donors (Lipinski definition) is 2. The fraction of sp³-hybridized carbons (Fsp3) is 0.500. The first kappa shape index (κ1) is 16.2. The van der Waals surface area contributed by atoms with Gasteiger partial charge in [-0.1, -0.05) is 25.4 Å². The molecule has 0 radical (unpaired) electrons. The first-order valence-electron chi connectivity index (χ1n) is 6.08. The van der Waals surface area contributed by atoms with Crippen LogP contribution in [0.3, 0.4) is 0 Å². The van der Waals surface area contributed by atoms with E-state index >= 15 is 0 Å². The Bertz CT molecular complexity index is 517. The van der Waals surface area contributed by atoms with Crippen molar-refractivity contribution in [3.05, 3.63) is 16.5 Å². The first-order chi connectivity index (χ1) is 9.22. The van der Waals surface area contributed by atoms with Gasteiger partial charge in [-0.3, -0.25) is 9.59 Å². The maximum absolute atomic E-state index is 11.1. The van der Waals surface area contributed by atoms with Gasteiger partial charge in [0, 0.05) is 11.5 Å². The van der Waals surface area contributed by atoms with Crippen molar-refractivity contribution in [3.63, 3.8) is 0 Å². The van der Waals surface area contributed by atoms with Crippen LogP contribution in [0.1, 0.15) is 31.2 Å². The highest BCUT2D eigenvalue weighted by Gasteiger charge is 2.20. The summed E-state index contributed by atoms with van der Waals surface area (Å²) in [5.41, 5.74) is 10.9. The van der Waals surface area contributed by atoms with Gasteiger partial charge in [0.15, 0.2) is 0 Å². The van der Waals surface area contributed by atoms with Crippen molar-refractivity contribution in [2.75, 3.05) is 18.0 Å². The molecule has 0 saturated carbocycles. The lowest BCUT2D eigenvalue weighted by atomic mass is 10.2. The van der Waals surface area contributed by atoms with Crippen molar-refractivity contribution in [2.45, 2.75) is 26.7 Å². The zero-order valence-corrected chi connectivity index (χ0v) is 12.4. The van der Waals surface area contributed by atoms with Crippen LogP contribution in [0.25, 0.3) is 0 Å². The summed E-state index contributed by atoms with van der Waals surface area (Å²) in [6.07, 6.45) is 0. The topological polar surface area (TPSA) is 115 Å². The average Bonchev–Trinajstić information content (AvgIpc) is 2.30. The Balaban J connectivity index is 3.29. The minimum Gasteiger partial charge on any atom is -0.368 e. The lowest BCUT2D eigenvalue weighted by molar-refractivity contribution is -0.117. The molecule has 8 heteroatoms. The Morgan fingerprint density at radius 2 is 1.70 bits per heavy atom. The quantitative estimate of drug-likeness (QED) is 0.735. The van der Waals surface area contributed by atoms with Crippen molar-refractivity contribution < 1.29 is 9.59 Å². The second kappa shape index (κ2) is 6.51. The fourth-order valence-corrected chi connectivity index (χ4v) is 1.81. The number of nitrogens with two attached hydrogens (primary N) is 2. The van der Waals surface area contributed by atoms with Crippen LogP contribution in [0, 0.1) is 6.92 Å². The third kappa shape index (κ3) is 4.06. The molecule has 4 N–H and O–H groups in total. The maximum Gasteiger partial charge on any atom is 0.237 e. The molecule has 0 bridgehead atoms. The van der Waals surface area contributed by atoms with Crippen LogP contribution in [-0.4, -0.2) is 34.9 Å². The van der Waals surface area contributed by atoms with Crippen molar-refractivity contribution in [1.29, 1.82) is 0 Å². The van der Waals surface area contributed by atoms with Gasteiger partial charge in [0.2, 0.25) is 11.8 Å². The van der Waals surface area contributed by atoms with Crippen LogP contribution in [0.2, 0.25) is 5.15 Å². The molecule has 0 spiro atoms. The SMILES string of the molecule is Cc1c(Cl)nc(C(C)C)nc1N(CC(N)=O)CC(N)=O. The Labute approximate surface area is 122 Å². The average molecular weight is 300 g/mol. The first-order valence-corrected chi connectivity index (χ1v) is 6.45. The number of nitrogens with zero attached hydrogens (tertiary/aromatic N) is 3. The molecule has 110 valence electrons. The molecule has 1 aromatic heterocycles. The smallest absolute Gasteiger partial charge is 0.237 e. The highest BCUT2D eigenvalue weighted by Crippen LogP contribution is 2.25. The predicted molar refractivity (Wildman–Crippen MR) is 76.5 cm³/mol. The summed E-state index contributed by atoms with van der Waals surface area (Å²) in [4.78, 5) is 32.2. The van der Waals surface area contributed by atoms with E-state index < -0.39 is 11.8 Å². The van der Waals surface area contributed by atoms with E-state index in [4.69, 9.17) is 23.1 Å². The summed E-state index contributed by atoms with van der Waals surface area (Å²) < 4.78 is 0. The summed E-state index contributed by atoms with van der Waals surface area (Å²) in [5.74, 6) is -0.213. The Hall–Kier alpha value is -1.89. The molecule has 1 heterocycles. The second-order valence-corrected chi connectivity index (χ2v) is 5.12. The normalized spacial score (nSPS) is 10.7. The molecule has 0 aliphatic rings. The summed E-state index contributed by atoms with van der Waals surface area (Å²) in [6.45, 7) is 5.19. The molecule has 0 unspecified atom stereocenters. The molecule has 0 saturated heterocycles. The van der Waals surface area contributed by atoms with Crippen LogP contribution in [0.4, 0.5) is 5.82 Å². The van der Waals surface area contributed by atoms with E-state index in [2.05, 4.69) is 9.97 Å². The zero-order valence-electron chi connectivity index (χ0n) is 11.7. The summed E-state index contributed by atoms with van der Waals surface area (Å²) in [7, 11) is 0. The number of halogens is 1. The van der Waals surface area contributed by atoms with Gasteiger partial charge in [-0.15, -0.1) is 0 Å². The number of anilines is 1. The summed E-state index contributed by atoms with van der Waals surface area (Å²) in [5, 5.41) is 0.276. The van der Waals surface area contributed by atoms with Gasteiger partial charge in [0.25, 0.3) is 0 Å². The van der Waals surface area contributed by atoms with Crippen LogP contribution < -0.4 is 16.4 Å². The lowest BCUT2D eigenvalue weighted by Gasteiger charge is -2.23. The Morgan fingerprint density at radius 3 is 2.10 bits per heavy atom. The minimum absolute atomic E-state index is 0.0517. The second-order valence-electron chi connectivity index (χ2n) is 4.76. The molecule has 0 fully saturated rings. The van der Waals surface area contributed by atoms with Crippen molar-refractivity contribution in [3.8, 4) is 0 Å². The number of primary amides is 2. The van der Waals surface area contributed by atoms with E-state index in [1.165, 1.54) is 4.90 Å². The molecular weight excluding hydrogens is 282 g/mol. The summed E-state index contributed by atoms with van der Waals surface area (Å²) >= 11 is 6.07. The van der Waals surface area contributed by atoms with Gasteiger partial charge in [0.1, 0.15) is 16.8 Å². The number of carbonyl (C=O) groups excluding carboxylic acids is 2. The van der Waals surface area contributed by atoms with E-state index in [1.54, 1.807) is 6.92 Å². The lowest BCUT2D eigenvalue weighted by Crippen LogP contribution is -2.40. The van der Waals surface area contributed by atoms with Crippen LogP contribution in [0.5, 0.6) is 0 Å². The third-order valence-electron chi connectivity index (χ3n) is 2.59. The highest BCUT2D eigenvalue weighted by atomic mass is 35.5. The van der Waals surface area contributed by atoms with Gasteiger partial charge < -0.3 is 16.4 Å². The monoisotopic (exact) mass is 299 g/mol. The van der Waals surface area contributed by atoms with Crippen molar-refractivity contribution in [2.24, 2.45) is 11.5 Å². The molecule has 7 nitrogen and oxygen atoms in total. The van der Waals surface area contributed by atoms with E-state index in [9.17, 15) is 9.59 Å². The number of hydrogen-bond acceptors (Lipinski definition) is 5. The minimum atomic E-state index is -0.591. The third-order valence-corrected chi connectivity index (χ3v) is 2.96. The van der Waals surface area contributed by atoms with E-state index in [1.807, 2.05) is 13.8 Å². The molecule has 20 heavy (non-hydrogen) atoms. The molecular formula is C12H18ClN5O2. The van der Waals surface area contributed by atoms with E-state index in [0.717, 1.165) is 0 Å². The van der Waals surface area contributed by atoms with Gasteiger partial charge >= 0.3 is 0 Å². The van der Waals surface area contributed by atoms with E-state index in [-0.39, 0.29) is 24.2 Å². The number of aromatic nitrogens is 2. The number of carbonyl (C=O) groups is 2. The van der Waals surface area contributed by atoms with Crippen LogP contribution in [-0.2, 0) is 9.59 Å². The Morgan fingerprint density at radius 1 is 1.20 bits per heavy atom. The molecule has 0 aromatic carbocycles.